The van der Waals surface area contributed by atoms with E-state index in [9.17, 15) is 9.18 Å². The third-order valence-corrected chi connectivity index (χ3v) is 4.98. The second kappa shape index (κ2) is 7.35. The molecule has 134 valence electrons. The number of nitrogens with zero attached hydrogens (tertiary/aromatic N) is 3. The largest absolute Gasteiger partial charge is 0.338 e. The van der Waals surface area contributed by atoms with Gasteiger partial charge in [0.1, 0.15) is 5.82 Å². The smallest absolute Gasteiger partial charge is 0.227 e. The van der Waals surface area contributed by atoms with Crippen LogP contribution in [0, 0.1) is 19.7 Å². The topological polar surface area (TPSA) is 50.2 Å². The third kappa shape index (κ3) is 3.58. The van der Waals surface area contributed by atoms with Crippen LogP contribution in [0.5, 0.6) is 0 Å². The summed E-state index contributed by atoms with van der Waals surface area (Å²) in [6.07, 6.45) is 2.48. The van der Waals surface area contributed by atoms with Crippen LogP contribution < -0.4 is 5.32 Å². The zero-order valence-corrected chi connectivity index (χ0v) is 15.1. The lowest BCUT2D eigenvalue weighted by Gasteiger charge is -2.24. The molecule has 1 aliphatic rings. The molecule has 0 saturated carbocycles. The molecule has 6 heteroatoms. The van der Waals surface area contributed by atoms with Crippen molar-refractivity contribution in [2.45, 2.75) is 39.2 Å². The van der Waals surface area contributed by atoms with Crippen LogP contribution in [-0.2, 0) is 11.2 Å². The van der Waals surface area contributed by atoms with Gasteiger partial charge in [-0.15, -0.1) is 0 Å². The number of hydrogen-bond acceptors (Lipinski definition) is 3. The number of amides is 1. The Labute approximate surface area is 147 Å². The molecular formula is C19H25FN4O. The minimum atomic E-state index is -0.273. The molecule has 1 amide bonds. The molecule has 1 aliphatic heterocycles. The number of carbonyl (C=O) groups excluding carboxylic acids is 1. The highest BCUT2D eigenvalue weighted by Gasteiger charge is 2.29. The summed E-state index contributed by atoms with van der Waals surface area (Å²) < 4.78 is 14.9. The van der Waals surface area contributed by atoms with Crippen molar-refractivity contribution in [2.24, 2.45) is 0 Å². The maximum atomic E-state index is 13.1. The lowest BCUT2D eigenvalue weighted by atomic mass is 10.1. The standard InChI is InChI=1S/C19H25FN4O/c1-13-18(11-19(25)23-10-4-5-17(23)12-21-3)14(2)24(22-13)16-8-6-15(20)7-9-16/h6-9,17,21H,4-5,10-12H2,1-3H3. The molecule has 5 nitrogen and oxygen atoms in total. The average Bonchev–Trinajstić information content (AvgIpc) is 3.16. The van der Waals surface area contributed by atoms with Crippen molar-refractivity contribution in [2.75, 3.05) is 20.1 Å². The number of hydrogen-bond donors (Lipinski definition) is 1. The summed E-state index contributed by atoms with van der Waals surface area (Å²) in [5.41, 5.74) is 3.54. The Morgan fingerprint density at radius 3 is 2.72 bits per heavy atom. The van der Waals surface area contributed by atoms with E-state index in [0.717, 1.165) is 48.6 Å². The van der Waals surface area contributed by atoms with Crippen LogP contribution in [0.2, 0.25) is 0 Å². The molecule has 1 saturated heterocycles. The van der Waals surface area contributed by atoms with Gasteiger partial charge in [0.05, 0.1) is 17.8 Å². The van der Waals surface area contributed by atoms with Crippen molar-refractivity contribution in [3.8, 4) is 5.69 Å². The molecule has 1 unspecified atom stereocenters. The summed E-state index contributed by atoms with van der Waals surface area (Å²) in [7, 11) is 1.92. The van der Waals surface area contributed by atoms with Gasteiger partial charge in [0.2, 0.25) is 5.91 Å². The molecule has 1 atom stereocenters. The highest BCUT2D eigenvalue weighted by Crippen LogP contribution is 2.22. The number of carbonyl (C=O) groups is 1. The Balaban J connectivity index is 1.81. The SMILES string of the molecule is CNCC1CCCN1C(=O)Cc1c(C)nn(-c2ccc(F)cc2)c1C. The highest BCUT2D eigenvalue weighted by molar-refractivity contribution is 5.80. The van der Waals surface area contributed by atoms with Crippen LogP contribution in [0.3, 0.4) is 0 Å². The van der Waals surface area contributed by atoms with Crippen LogP contribution in [-0.4, -0.2) is 46.8 Å². The van der Waals surface area contributed by atoms with Gasteiger partial charge < -0.3 is 10.2 Å². The van der Waals surface area contributed by atoms with Gasteiger partial charge in [0.25, 0.3) is 0 Å². The van der Waals surface area contributed by atoms with Gasteiger partial charge in [0, 0.05) is 30.4 Å². The lowest BCUT2D eigenvalue weighted by Crippen LogP contribution is -2.41. The summed E-state index contributed by atoms with van der Waals surface area (Å²) in [5.74, 6) is -0.118. The van der Waals surface area contributed by atoms with E-state index in [1.54, 1.807) is 16.8 Å². The van der Waals surface area contributed by atoms with Gasteiger partial charge in [-0.2, -0.15) is 5.10 Å². The normalized spacial score (nSPS) is 17.3. The minimum Gasteiger partial charge on any atom is -0.338 e. The molecule has 2 aromatic rings. The first-order valence-corrected chi connectivity index (χ1v) is 8.76. The zero-order chi connectivity index (χ0) is 18.0. The fraction of sp³-hybridized carbons (Fsp3) is 0.474. The van der Waals surface area contributed by atoms with Crippen molar-refractivity contribution in [3.05, 3.63) is 47.0 Å². The maximum Gasteiger partial charge on any atom is 0.227 e. The van der Waals surface area contributed by atoms with E-state index in [-0.39, 0.29) is 17.8 Å². The van der Waals surface area contributed by atoms with Crippen LogP contribution in [0.15, 0.2) is 24.3 Å². The predicted molar refractivity (Wildman–Crippen MR) is 95.4 cm³/mol. The molecule has 1 fully saturated rings. The van der Waals surface area contributed by atoms with Gasteiger partial charge >= 0.3 is 0 Å². The van der Waals surface area contributed by atoms with Crippen molar-refractivity contribution in [1.29, 1.82) is 0 Å². The monoisotopic (exact) mass is 344 g/mol. The number of nitrogens with one attached hydrogen (secondary N) is 1. The number of halogens is 1. The van der Waals surface area contributed by atoms with E-state index in [2.05, 4.69) is 10.4 Å². The Bertz CT molecular complexity index is 754. The summed E-state index contributed by atoms with van der Waals surface area (Å²) in [5, 5.41) is 7.73. The molecule has 1 aromatic carbocycles. The van der Waals surface area contributed by atoms with Crippen molar-refractivity contribution in [3.63, 3.8) is 0 Å². The second-order valence-electron chi connectivity index (χ2n) is 6.66. The molecular weight excluding hydrogens is 319 g/mol. The Hall–Kier alpha value is -2.21. The number of aromatic nitrogens is 2. The average molecular weight is 344 g/mol. The molecule has 0 bridgehead atoms. The summed E-state index contributed by atoms with van der Waals surface area (Å²) in [6, 6.07) is 6.52. The molecule has 3 rings (SSSR count). The number of likely N-dealkylation sites (N-methyl/N-ethyl adjacent to an activating group) is 1. The molecule has 25 heavy (non-hydrogen) atoms. The molecule has 2 heterocycles. The highest BCUT2D eigenvalue weighted by atomic mass is 19.1. The van der Waals surface area contributed by atoms with Gasteiger partial charge in [-0.3, -0.25) is 4.79 Å². The van der Waals surface area contributed by atoms with Crippen LogP contribution >= 0.6 is 0 Å². The first kappa shape index (κ1) is 17.6. The number of likely N-dealkylation sites (tertiary alicyclic amines) is 1. The Kier molecular flexibility index (Phi) is 5.18. The van der Waals surface area contributed by atoms with E-state index in [1.807, 2.05) is 25.8 Å². The number of aryl methyl sites for hydroxylation is 1. The maximum absolute atomic E-state index is 13.1. The van der Waals surface area contributed by atoms with Crippen molar-refractivity contribution >= 4 is 5.91 Å². The molecule has 0 spiro atoms. The third-order valence-electron chi connectivity index (χ3n) is 4.98. The first-order valence-electron chi connectivity index (χ1n) is 8.76. The predicted octanol–water partition coefficient (Wildman–Crippen LogP) is 2.38. The van der Waals surface area contributed by atoms with Gasteiger partial charge in [-0.25, -0.2) is 9.07 Å². The first-order chi connectivity index (χ1) is 12.0. The fourth-order valence-corrected chi connectivity index (χ4v) is 3.63. The van der Waals surface area contributed by atoms with Crippen LogP contribution in [0.1, 0.15) is 29.8 Å². The van der Waals surface area contributed by atoms with Gasteiger partial charge in [0.15, 0.2) is 0 Å². The quantitative estimate of drug-likeness (QED) is 0.906. The lowest BCUT2D eigenvalue weighted by molar-refractivity contribution is -0.131. The molecule has 0 aliphatic carbocycles. The zero-order valence-electron chi connectivity index (χ0n) is 15.1. The van der Waals surface area contributed by atoms with Gasteiger partial charge in [-0.05, 0) is 58.0 Å². The number of rotatable bonds is 5. The fourth-order valence-electron chi connectivity index (χ4n) is 3.63. The molecule has 1 N–H and O–H groups in total. The minimum absolute atomic E-state index is 0.155. The van der Waals surface area contributed by atoms with E-state index in [0.29, 0.717) is 6.42 Å². The second-order valence-corrected chi connectivity index (χ2v) is 6.66. The molecule has 0 radical (unpaired) electrons. The molecule has 1 aromatic heterocycles. The van der Waals surface area contributed by atoms with E-state index >= 15 is 0 Å². The Morgan fingerprint density at radius 1 is 1.32 bits per heavy atom. The van der Waals surface area contributed by atoms with Crippen LogP contribution in [0.4, 0.5) is 4.39 Å². The van der Waals surface area contributed by atoms with E-state index < -0.39 is 0 Å². The summed E-state index contributed by atoms with van der Waals surface area (Å²) in [6.45, 7) is 5.54. The number of benzene rings is 1. The van der Waals surface area contributed by atoms with E-state index in [4.69, 9.17) is 0 Å². The summed E-state index contributed by atoms with van der Waals surface area (Å²) >= 11 is 0. The Morgan fingerprint density at radius 2 is 2.04 bits per heavy atom. The summed E-state index contributed by atoms with van der Waals surface area (Å²) in [4.78, 5) is 14.8. The van der Waals surface area contributed by atoms with Crippen LogP contribution in [0.25, 0.3) is 5.69 Å². The van der Waals surface area contributed by atoms with Crippen molar-refractivity contribution < 1.29 is 9.18 Å². The van der Waals surface area contributed by atoms with E-state index in [1.165, 1.54) is 12.1 Å². The van der Waals surface area contributed by atoms with Crippen molar-refractivity contribution in [1.82, 2.24) is 20.0 Å². The van der Waals surface area contributed by atoms with Gasteiger partial charge in [-0.1, -0.05) is 0 Å².